The van der Waals surface area contributed by atoms with Gasteiger partial charge in [0, 0.05) is 11.6 Å². The first kappa shape index (κ1) is 13.0. The van der Waals surface area contributed by atoms with Crippen molar-refractivity contribution in [1.29, 1.82) is 0 Å². The molecule has 1 aliphatic heterocycles. The molecule has 2 heterocycles. The predicted molar refractivity (Wildman–Crippen MR) is 83.6 cm³/mol. The van der Waals surface area contributed by atoms with Gasteiger partial charge in [0.15, 0.2) is 16.9 Å². The molecular formula is C18H14O4. The van der Waals surface area contributed by atoms with E-state index in [-0.39, 0.29) is 5.43 Å². The van der Waals surface area contributed by atoms with Gasteiger partial charge in [-0.1, -0.05) is 6.07 Å². The first-order valence-corrected chi connectivity index (χ1v) is 7.15. The van der Waals surface area contributed by atoms with E-state index in [9.17, 15) is 4.79 Å². The summed E-state index contributed by atoms with van der Waals surface area (Å²) in [5.74, 6) is 1.92. The number of fused-ring (bicyclic) bond motifs is 2. The summed E-state index contributed by atoms with van der Waals surface area (Å²) < 4.78 is 17.0. The summed E-state index contributed by atoms with van der Waals surface area (Å²) in [7, 11) is 0. The molecular weight excluding hydrogens is 280 g/mol. The zero-order chi connectivity index (χ0) is 15.1. The van der Waals surface area contributed by atoms with Crippen molar-refractivity contribution in [3.63, 3.8) is 0 Å². The first-order chi connectivity index (χ1) is 10.7. The molecule has 0 atom stereocenters. The number of aryl methyl sites for hydroxylation is 1. The topological polar surface area (TPSA) is 48.7 Å². The smallest absolute Gasteiger partial charge is 0.193 e. The normalized spacial score (nSPS) is 13.3. The molecule has 4 rings (SSSR count). The Labute approximate surface area is 126 Å². The van der Waals surface area contributed by atoms with Gasteiger partial charge in [-0.05, 0) is 42.8 Å². The van der Waals surface area contributed by atoms with Crippen LogP contribution in [0.5, 0.6) is 11.5 Å². The third-order valence-corrected chi connectivity index (χ3v) is 3.71. The Morgan fingerprint density at radius 1 is 0.909 bits per heavy atom. The molecule has 0 saturated heterocycles. The van der Waals surface area contributed by atoms with E-state index in [1.54, 1.807) is 6.07 Å². The lowest BCUT2D eigenvalue weighted by Crippen LogP contribution is -2.15. The summed E-state index contributed by atoms with van der Waals surface area (Å²) >= 11 is 0. The van der Waals surface area contributed by atoms with Gasteiger partial charge in [0.05, 0.1) is 5.39 Å². The molecule has 1 aromatic heterocycles. The minimum atomic E-state index is -0.0499. The Morgan fingerprint density at radius 3 is 2.59 bits per heavy atom. The second kappa shape index (κ2) is 4.91. The number of rotatable bonds is 1. The van der Waals surface area contributed by atoms with Crippen molar-refractivity contribution in [3.05, 3.63) is 58.3 Å². The molecule has 4 nitrogen and oxygen atoms in total. The average molecular weight is 294 g/mol. The monoisotopic (exact) mass is 294 g/mol. The largest absolute Gasteiger partial charge is 0.486 e. The van der Waals surface area contributed by atoms with Gasteiger partial charge in [-0.3, -0.25) is 4.79 Å². The molecule has 0 spiro atoms. The minimum Gasteiger partial charge on any atom is -0.486 e. The van der Waals surface area contributed by atoms with Gasteiger partial charge in [0.1, 0.15) is 24.6 Å². The third kappa shape index (κ3) is 2.13. The maximum Gasteiger partial charge on any atom is 0.193 e. The Bertz CT molecular complexity index is 924. The molecule has 0 unspecified atom stereocenters. The van der Waals surface area contributed by atoms with E-state index in [0.717, 1.165) is 11.1 Å². The van der Waals surface area contributed by atoms with Crippen LogP contribution in [0.4, 0.5) is 0 Å². The quantitative estimate of drug-likeness (QED) is 0.689. The molecule has 0 amide bonds. The minimum absolute atomic E-state index is 0.0499. The van der Waals surface area contributed by atoms with Crippen LogP contribution in [-0.4, -0.2) is 13.2 Å². The Morgan fingerprint density at radius 2 is 1.73 bits per heavy atom. The maximum absolute atomic E-state index is 12.3. The number of benzene rings is 2. The van der Waals surface area contributed by atoms with Crippen molar-refractivity contribution in [2.24, 2.45) is 0 Å². The molecule has 0 fully saturated rings. The Hall–Kier alpha value is -2.75. The van der Waals surface area contributed by atoms with Gasteiger partial charge in [0.2, 0.25) is 0 Å². The summed E-state index contributed by atoms with van der Waals surface area (Å²) in [5, 5.41) is 0.590. The summed E-state index contributed by atoms with van der Waals surface area (Å²) in [6.45, 7) is 3.05. The van der Waals surface area contributed by atoms with Crippen LogP contribution in [0.1, 0.15) is 5.56 Å². The van der Waals surface area contributed by atoms with Crippen LogP contribution in [0.3, 0.4) is 0 Å². The maximum atomic E-state index is 12.3. The SMILES string of the molecule is Cc1ccc2c(=O)cc(-c3ccc4c(c3)OCCO4)oc2c1. The van der Waals surface area contributed by atoms with Crippen molar-refractivity contribution in [3.8, 4) is 22.8 Å². The summed E-state index contributed by atoms with van der Waals surface area (Å²) in [5.41, 5.74) is 2.39. The fourth-order valence-electron chi connectivity index (χ4n) is 2.60. The van der Waals surface area contributed by atoms with Crippen LogP contribution < -0.4 is 14.9 Å². The van der Waals surface area contributed by atoms with E-state index in [0.29, 0.717) is 41.4 Å². The van der Waals surface area contributed by atoms with E-state index in [4.69, 9.17) is 13.9 Å². The molecule has 0 saturated carbocycles. The molecule has 4 heteroatoms. The number of hydrogen-bond donors (Lipinski definition) is 0. The van der Waals surface area contributed by atoms with Crippen LogP contribution in [0, 0.1) is 6.92 Å². The van der Waals surface area contributed by atoms with Crippen LogP contribution >= 0.6 is 0 Å². The van der Waals surface area contributed by atoms with Gasteiger partial charge in [-0.15, -0.1) is 0 Å². The number of hydrogen-bond acceptors (Lipinski definition) is 4. The van der Waals surface area contributed by atoms with Crippen LogP contribution in [0.2, 0.25) is 0 Å². The molecule has 0 bridgehead atoms. The fourth-order valence-corrected chi connectivity index (χ4v) is 2.60. The highest BCUT2D eigenvalue weighted by atomic mass is 16.6. The van der Waals surface area contributed by atoms with Crippen molar-refractivity contribution in [2.45, 2.75) is 6.92 Å². The second-order valence-electron chi connectivity index (χ2n) is 5.33. The van der Waals surface area contributed by atoms with Crippen molar-refractivity contribution < 1.29 is 13.9 Å². The van der Waals surface area contributed by atoms with Crippen molar-refractivity contribution >= 4 is 11.0 Å². The Kier molecular flexibility index (Phi) is 2.89. The summed E-state index contributed by atoms with van der Waals surface area (Å²) in [4.78, 5) is 12.3. The molecule has 3 aromatic rings. The standard InChI is InChI=1S/C18H14O4/c1-11-2-4-13-14(19)10-16(22-17(13)8-11)12-3-5-15-18(9-12)21-7-6-20-15/h2-5,8-10H,6-7H2,1H3. The predicted octanol–water partition coefficient (Wildman–Crippen LogP) is 3.54. The molecule has 110 valence electrons. The Balaban J connectivity index is 1.89. The summed E-state index contributed by atoms with van der Waals surface area (Å²) in [6, 6.07) is 12.6. The van der Waals surface area contributed by atoms with E-state index < -0.39 is 0 Å². The molecule has 2 aromatic carbocycles. The first-order valence-electron chi connectivity index (χ1n) is 7.15. The molecule has 0 radical (unpaired) electrons. The van der Waals surface area contributed by atoms with Gasteiger partial charge in [-0.2, -0.15) is 0 Å². The van der Waals surface area contributed by atoms with Gasteiger partial charge >= 0.3 is 0 Å². The highest BCUT2D eigenvalue weighted by Crippen LogP contribution is 2.34. The van der Waals surface area contributed by atoms with E-state index in [1.807, 2.05) is 37.3 Å². The van der Waals surface area contributed by atoms with Crippen LogP contribution in [0.15, 0.2) is 51.7 Å². The van der Waals surface area contributed by atoms with Crippen molar-refractivity contribution in [2.75, 3.05) is 13.2 Å². The lowest BCUT2D eigenvalue weighted by molar-refractivity contribution is 0.171. The molecule has 0 N–H and O–H groups in total. The zero-order valence-electron chi connectivity index (χ0n) is 12.1. The van der Waals surface area contributed by atoms with E-state index in [2.05, 4.69) is 0 Å². The van der Waals surface area contributed by atoms with Gasteiger partial charge in [-0.25, -0.2) is 0 Å². The lowest BCUT2D eigenvalue weighted by atomic mass is 10.1. The second-order valence-corrected chi connectivity index (χ2v) is 5.33. The average Bonchev–Trinajstić information content (AvgIpc) is 2.54. The van der Waals surface area contributed by atoms with Gasteiger partial charge < -0.3 is 13.9 Å². The molecule has 0 aliphatic carbocycles. The number of ether oxygens (including phenoxy) is 2. The lowest BCUT2D eigenvalue weighted by Gasteiger charge is -2.18. The van der Waals surface area contributed by atoms with Gasteiger partial charge in [0.25, 0.3) is 0 Å². The molecule has 1 aliphatic rings. The zero-order valence-corrected chi connectivity index (χ0v) is 12.1. The highest BCUT2D eigenvalue weighted by Gasteiger charge is 2.14. The van der Waals surface area contributed by atoms with E-state index in [1.165, 1.54) is 6.07 Å². The van der Waals surface area contributed by atoms with Crippen molar-refractivity contribution in [1.82, 2.24) is 0 Å². The molecule has 22 heavy (non-hydrogen) atoms. The van der Waals surface area contributed by atoms with Crippen LogP contribution in [0.25, 0.3) is 22.3 Å². The van der Waals surface area contributed by atoms with E-state index >= 15 is 0 Å². The highest BCUT2D eigenvalue weighted by molar-refractivity contribution is 5.79. The fraction of sp³-hybridized carbons (Fsp3) is 0.167. The third-order valence-electron chi connectivity index (χ3n) is 3.71. The van der Waals surface area contributed by atoms with Crippen LogP contribution in [-0.2, 0) is 0 Å². The summed E-state index contributed by atoms with van der Waals surface area (Å²) in [6.07, 6.45) is 0.